The Morgan fingerprint density at radius 1 is 1.47 bits per heavy atom. The van der Waals surface area contributed by atoms with Gasteiger partial charge < -0.3 is 10.1 Å². The molecular weight excluding hydrogens is 254 g/mol. The van der Waals surface area contributed by atoms with Crippen molar-refractivity contribution in [1.82, 2.24) is 5.32 Å². The van der Waals surface area contributed by atoms with Gasteiger partial charge in [-0.3, -0.25) is 0 Å². The Morgan fingerprint density at radius 3 is 2.74 bits per heavy atom. The summed E-state index contributed by atoms with van der Waals surface area (Å²) in [5.41, 5.74) is 1.65. The monoisotopic (exact) mass is 281 g/mol. The minimum Gasteiger partial charge on any atom is -0.377 e. The fraction of sp³-hybridized carbons (Fsp3) is 0.750. The van der Waals surface area contributed by atoms with E-state index in [-0.39, 0.29) is 5.41 Å². The van der Waals surface area contributed by atoms with E-state index in [1.807, 2.05) is 11.3 Å². The van der Waals surface area contributed by atoms with Crippen molar-refractivity contribution < 1.29 is 4.74 Å². The number of thiophene rings is 1. The lowest BCUT2D eigenvalue weighted by atomic mass is 9.64. The van der Waals surface area contributed by atoms with Gasteiger partial charge in [0.25, 0.3) is 0 Å². The summed E-state index contributed by atoms with van der Waals surface area (Å²) in [6.45, 7) is 13.1. The van der Waals surface area contributed by atoms with Gasteiger partial charge in [-0.1, -0.05) is 27.7 Å². The maximum Gasteiger partial charge on any atom is 0.0656 e. The molecule has 1 heterocycles. The van der Waals surface area contributed by atoms with Gasteiger partial charge in [0.15, 0.2) is 0 Å². The molecule has 1 aromatic heterocycles. The first-order valence-electron chi connectivity index (χ1n) is 7.29. The van der Waals surface area contributed by atoms with Gasteiger partial charge in [-0.2, -0.15) is 0 Å². The maximum atomic E-state index is 6.01. The SMILES string of the molecule is Cc1ccsc1CNC1CC(OCC(C)C)C1(C)C. The summed E-state index contributed by atoms with van der Waals surface area (Å²) in [7, 11) is 0. The van der Waals surface area contributed by atoms with Crippen molar-refractivity contribution >= 4 is 11.3 Å². The number of rotatable bonds is 6. The third-order valence-corrected chi connectivity index (χ3v) is 5.31. The van der Waals surface area contributed by atoms with E-state index < -0.39 is 0 Å². The second-order valence-electron chi connectivity index (χ2n) is 6.73. The van der Waals surface area contributed by atoms with Crippen molar-refractivity contribution in [3.63, 3.8) is 0 Å². The Hall–Kier alpha value is -0.380. The van der Waals surface area contributed by atoms with Crippen LogP contribution < -0.4 is 5.32 Å². The van der Waals surface area contributed by atoms with Crippen LogP contribution in [-0.2, 0) is 11.3 Å². The van der Waals surface area contributed by atoms with Crippen molar-refractivity contribution in [3.8, 4) is 0 Å². The number of ether oxygens (including phenoxy) is 1. The van der Waals surface area contributed by atoms with Crippen molar-refractivity contribution in [1.29, 1.82) is 0 Å². The molecule has 19 heavy (non-hydrogen) atoms. The van der Waals surface area contributed by atoms with Crippen LogP contribution in [-0.4, -0.2) is 18.8 Å². The highest BCUT2D eigenvalue weighted by Gasteiger charge is 2.48. The standard InChI is InChI=1S/C16H27NOS/c1-11(2)10-18-15-8-14(16(15,4)5)17-9-13-12(3)6-7-19-13/h6-7,11,14-15,17H,8-10H2,1-5H3. The van der Waals surface area contributed by atoms with Gasteiger partial charge in [-0.15, -0.1) is 11.3 Å². The molecule has 2 atom stereocenters. The van der Waals surface area contributed by atoms with Crippen LogP contribution >= 0.6 is 11.3 Å². The zero-order chi connectivity index (χ0) is 14.0. The van der Waals surface area contributed by atoms with E-state index in [0.29, 0.717) is 18.1 Å². The molecular formula is C16H27NOS. The van der Waals surface area contributed by atoms with E-state index in [1.165, 1.54) is 10.4 Å². The summed E-state index contributed by atoms with van der Waals surface area (Å²) in [5.74, 6) is 0.622. The molecule has 2 nitrogen and oxygen atoms in total. The largest absolute Gasteiger partial charge is 0.377 e. The van der Waals surface area contributed by atoms with Gasteiger partial charge in [0.2, 0.25) is 0 Å². The molecule has 0 saturated heterocycles. The first-order valence-corrected chi connectivity index (χ1v) is 8.17. The molecule has 1 aliphatic rings. The normalized spacial score (nSPS) is 25.6. The average Bonchev–Trinajstić information content (AvgIpc) is 2.72. The van der Waals surface area contributed by atoms with Gasteiger partial charge >= 0.3 is 0 Å². The number of aryl methyl sites for hydroxylation is 1. The summed E-state index contributed by atoms with van der Waals surface area (Å²) in [6, 6.07) is 2.77. The van der Waals surface area contributed by atoms with E-state index in [4.69, 9.17) is 4.74 Å². The second kappa shape index (κ2) is 5.94. The zero-order valence-corrected chi connectivity index (χ0v) is 13.6. The molecule has 1 saturated carbocycles. The molecule has 0 aromatic carbocycles. The van der Waals surface area contributed by atoms with Gasteiger partial charge in [-0.25, -0.2) is 0 Å². The summed E-state index contributed by atoms with van der Waals surface area (Å²) >= 11 is 1.85. The fourth-order valence-corrected chi connectivity index (χ4v) is 3.48. The molecule has 2 rings (SSSR count). The highest BCUT2D eigenvalue weighted by atomic mass is 32.1. The second-order valence-corrected chi connectivity index (χ2v) is 7.73. The highest BCUT2D eigenvalue weighted by Crippen LogP contribution is 2.43. The lowest BCUT2D eigenvalue weighted by Gasteiger charge is -2.52. The molecule has 1 N–H and O–H groups in total. The Labute approximate surface area is 121 Å². The first-order chi connectivity index (χ1) is 8.91. The summed E-state index contributed by atoms with van der Waals surface area (Å²) in [6.07, 6.45) is 1.56. The quantitative estimate of drug-likeness (QED) is 0.851. The van der Waals surface area contributed by atoms with Crippen LogP contribution in [0.15, 0.2) is 11.4 Å². The predicted octanol–water partition coefficient (Wildman–Crippen LogP) is 3.99. The van der Waals surface area contributed by atoms with Gasteiger partial charge in [0, 0.05) is 29.5 Å². The summed E-state index contributed by atoms with van der Waals surface area (Å²) in [4.78, 5) is 1.46. The van der Waals surface area contributed by atoms with E-state index in [9.17, 15) is 0 Å². The van der Waals surface area contributed by atoms with E-state index in [1.54, 1.807) is 0 Å². The summed E-state index contributed by atoms with van der Waals surface area (Å²) in [5, 5.41) is 5.87. The molecule has 1 fully saturated rings. The Bertz CT molecular complexity index is 411. The van der Waals surface area contributed by atoms with Crippen molar-refractivity contribution in [2.24, 2.45) is 11.3 Å². The highest BCUT2D eigenvalue weighted by molar-refractivity contribution is 7.10. The molecule has 1 aliphatic carbocycles. The van der Waals surface area contributed by atoms with Crippen LogP contribution in [0, 0.1) is 18.3 Å². The van der Waals surface area contributed by atoms with E-state index in [0.717, 1.165) is 19.6 Å². The molecule has 108 valence electrons. The van der Waals surface area contributed by atoms with Crippen LogP contribution in [0.25, 0.3) is 0 Å². The van der Waals surface area contributed by atoms with Crippen LogP contribution in [0.4, 0.5) is 0 Å². The summed E-state index contributed by atoms with van der Waals surface area (Å²) < 4.78 is 6.01. The van der Waals surface area contributed by atoms with Crippen LogP contribution in [0.5, 0.6) is 0 Å². The minimum atomic E-state index is 0.250. The zero-order valence-electron chi connectivity index (χ0n) is 12.8. The Morgan fingerprint density at radius 2 is 2.21 bits per heavy atom. The maximum absolute atomic E-state index is 6.01. The van der Waals surface area contributed by atoms with E-state index >= 15 is 0 Å². The third kappa shape index (κ3) is 3.39. The molecule has 0 radical (unpaired) electrons. The smallest absolute Gasteiger partial charge is 0.0656 e. The lowest BCUT2D eigenvalue weighted by molar-refractivity contribution is -0.124. The average molecular weight is 281 g/mol. The van der Waals surface area contributed by atoms with Gasteiger partial charge in [0.05, 0.1) is 6.10 Å². The van der Waals surface area contributed by atoms with Crippen molar-refractivity contribution in [2.75, 3.05) is 6.61 Å². The van der Waals surface area contributed by atoms with Gasteiger partial charge in [-0.05, 0) is 36.3 Å². The lowest BCUT2D eigenvalue weighted by Crippen LogP contribution is -2.60. The number of nitrogens with one attached hydrogen (secondary N) is 1. The first kappa shape index (κ1) is 15.0. The van der Waals surface area contributed by atoms with Crippen LogP contribution in [0.3, 0.4) is 0 Å². The van der Waals surface area contributed by atoms with Crippen molar-refractivity contribution in [2.45, 2.75) is 59.7 Å². The predicted molar refractivity (Wildman–Crippen MR) is 82.7 cm³/mol. The molecule has 0 spiro atoms. The van der Waals surface area contributed by atoms with E-state index in [2.05, 4.69) is 51.4 Å². The van der Waals surface area contributed by atoms with Gasteiger partial charge in [0.1, 0.15) is 0 Å². The molecule has 1 aromatic rings. The molecule has 0 bridgehead atoms. The number of hydrogen-bond acceptors (Lipinski definition) is 3. The molecule has 3 heteroatoms. The Kier molecular flexibility index (Phi) is 4.70. The Balaban J connectivity index is 1.79. The van der Waals surface area contributed by atoms with Crippen LogP contribution in [0.2, 0.25) is 0 Å². The minimum absolute atomic E-state index is 0.250. The fourth-order valence-electron chi connectivity index (χ4n) is 2.62. The molecule has 0 aliphatic heterocycles. The van der Waals surface area contributed by atoms with Crippen LogP contribution in [0.1, 0.15) is 44.6 Å². The molecule has 2 unspecified atom stereocenters. The van der Waals surface area contributed by atoms with Crippen molar-refractivity contribution in [3.05, 3.63) is 21.9 Å². The molecule has 0 amide bonds. The third-order valence-electron chi connectivity index (χ3n) is 4.29. The topological polar surface area (TPSA) is 21.3 Å². The number of hydrogen-bond donors (Lipinski definition) is 1.